The minimum atomic E-state index is -1.13. The fourth-order valence-corrected chi connectivity index (χ4v) is 1.95. The third-order valence-corrected chi connectivity index (χ3v) is 3.21. The van der Waals surface area contributed by atoms with Gasteiger partial charge in [0.25, 0.3) is 5.79 Å². The van der Waals surface area contributed by atoms with Crippen LogP contribution in [-0.4, -0.2) is 17.7 Å². The number of rotatable bonds is 4. The Bertz CT molecular complexity index is 297. The number of cyclic esters (lactones) is 2. The third-order valence-electron chi connectivity index (χ3n) is 3.21. The normalized spacial score (nSPS) is 22.2. The second-order valence-electron chi connectivity index (χ2n) is 5.55. The van der Waals surface area contributed by atoms with Crippen molar-refractivity contribution in [3.05, 3.63) is 0 Å². The van der Waals surface area contributed by atoms with E-state index in [1.54, 1.807) is 13.8 Å². The molecule has 0 bridgehead atoms. The maximum Gasteiger partial charge on any atom is 0.326 e. The van der Waals surface area contributed by atoms with Crippen LogP contribution < -0.4 is 0 Å². The quantitative estimate of drug-likeness (QED) is 0.561. The van der Waals surface area contributed by atoms with E-state index in [1.165, 1.54) is 0 Å². The van der Waals surface area contributed by atoms with Gasteiger partial charge >= 0.3 is 11.9 Å². The lowest BCUT2D eigenvalue weighted by Gasteiger charge is -2.40. The molecule has 0 radical (unpaired) electrons. The Kier molecular flexibility index (Phi) is 3.84. The summed E-state index contributed by atoms with van der Waals surface area (Å²) in [7, 11) is 0. The maximum absolute atomic E-state index is 12.1. The minimum Gasteiger partial charge on any atom is -0.422 e. The first kappa shape index (κ1) is 14.0. The zero-order chi connectivity index (χ0) is 13.3. The molecule has 17 heavy (non-hydrogen) atoms. The van der Waals surface area contributed by atoms with E-state index in [-0.39, 0.29) is 0 Å². The first-order chi connectivity index (χ1) is 7.73. The molecule has 1 saturated heterocycles. The first-order valence-electron chi connectivity index (χ1n) is 6.20. The van der Waals surface area contributed by atoms with Crippen molar-refractivity contribution in [3.63, 3.8) is 0 Å². The molecule has 0 aromatic heterocycles. The van der Waals surface area contributed by atoms with Crippen molar-refractivity contribution in [2.24, 2.45) is 11.3 Å². The summed E-state index contributed by atoms with van der Waals surface area (Å²) in [6, 6.07) is 0. The molecule has 0 N–H and O–H groups in total. The smallest absolute Gasteiger partial charge is 0.326 e. The monoisotopic (exact) mass is 242 g/mol. The summed E-state index contributed by atoms with van der Waals surface area (Å²) in [5.74, 6) is -1.58. The van der Waals surface area contributed by atoms with Gasteiger partial charge in [-0.1, -0.05) is 20.8 Å². The van der Waals surface area contributed by atoms with Crippen LogP contribution in [0.2, 0.25) is 0 Å². The summed E-state index contributed by atoms with van der Waals surface area (Å²) in [4.78, 5) is 24.1. The second kappa shape index (κ2) is 4.67. The van der Waals surface area contributed by atoms with Crippen LogP contribution in [0.3, 0.4) is 0 Å². The standard InChI is InChI=1S/C13H22O4/c1-6-13(8-7-9(2)3)10(14)16-12(4,5)17-11(13)15/h9H,6-8H2,1-5H3. The van der Waals surface area contributed by atoms with Crippen LogP contribution in [0.15, 0.2) is 0 Å². The Hall–Kier alpha value is -1.06. The second-order valence-corrected chi connectivity index (χ2v) is 5.55. The summed E-state index contributed by atoms with van der Waals surface area (Å²) >= 11 is 0. The molecule has 1 fully saturated rings. The number of ether oxygens (including phenoxy) is 2. The lowest BCUT2D eigenvalue weighted by molar-refractivity contribution is -0.252. The van der Waals surface area contributed by atoms with Gasteiger partial charge in [0.1, 0.15) is 0 Å². The summed E-state index contributed by atoms with van der Waals surface area (Å²) in [5, 5.41) is 0. The molecule has 0 saturated carbocycles. The molecule has 1 aliphatic heterocycles. The number of carbonyl (C=O) groups is 2. The summed E-state index contributed by atoms with van der Waals surface area (Å²) in [6.45, 7) is 9.09. The Balaban J connectivity index is 2.91. The van der Waals surface area contributed by atoms with Crippen LogP contribution in [0.25, 0.3) is 0 Å². The molecule has 4 heteroatoms. The van der Waals surface area contributed by atoms with Crippen molar-refractivity contribution in [1.82, 2.24) is 0 Å². The zero-order valence-corrected chi connectivity index (χ0v) is 11.3. The predicted octanol–water partition coefficient (Wildman–Crippen LogP) is 2.66. The van der Waals surface area contributed by atoms with Gasteiger partial charge in [-0.05, 0) is 25.2 Å². The van der Waals surface area contributed by atoms with Crippen molar-refractivity contribution >= 4 is 11.9 Å². The van der Waals surface area contributed by atoms with Crippen LogP contribution in [0, 0.1) is 11.3 Å². The fraction of sp³-hybridized carbons (Fsp3) is 0.846. The molecule has 0 aliphatic carbocycles. The van der Waals surface area contributed by atoms with Gasteiger partial charge in [-0.15, -0.1) is 0 Å². The summed E-state index contributed by atoms with van der Waals surface area (Å²) < 4.78 is 10.4. The highest BCUT2D eigenvalue weighted by Crippen LogP contribution is 2.39. The molecule has 4 nitrogen and oxygen atoms in total. The zero-order valence-electron chi connectivity index (χ0n) is 11.3. The molecule has 0 spiro atoms. The molecule has 0 amide bonds. The van der Waals surface area contributed by atoms with E-state index in [0.29, 0.717) is 18.8 Å². The highest BCUT2D eigenvalue weighted by molar-refractivity contribution is 6.01. The molecular formula is C13H22O4. The van der Waals surface area contributed by atoms with Gasteiger partial charge in [-0.25, -0.2) is 0 Å². The van der Waals surface area contributed by atoms with E-state index in [2.05, 4.69) is 13.8 Å². The van der Waals surface area contributed by atoms with Crippen molar-refractivity contribution in [2.45, 2.75) is 59.7 Å². The van der Waals surface area contributed by atoms with Gasteiger partial charge in [-0.3, -0.25) is 9.59 Å². The summed E-state index contributed by atoms with van der Waals surface area (Å²) in [5.41, 5.74) is -1.10. The van der Waals surface area contributed by atoms with Crippen molar-refractivity contribution in [3.8, 4) is 0 Å². The Labute approximate surface area is 103 Å². The van der Waals surface area contributed by atoms with E-state index >= 15 is 0 Å². The third kappa shape index (κ3) is 2.79. The number of hydrogen-bond donors (Lipinski definition) is 0. The molecule has 0 atom stereocenters. The summed E-state index contributed by atoms with van der Waals surface area (Å²) in [6.07, 6.45) is 1.72. The van der Waals surface area contributed by atoms with E-state index in [0.717, 1.165) is 6.42 Å². The molecule has 1 rings (SSSR count). The van der Waals surface area contributed by atoms with Gasteiger partial charge < -0.3 is 9.47 Å². The molecule has 0 aromatic carbocycles. The highest BCUT2D eigenvalue weighted by atomic mass is 16.7. The molecule has 0 unspecified atom stereocenters. The highest BCUT2D eigenvalue weighted by Gasteiger charge is 2.54. The SMILES string of the molecule is CCC1(CCC(C)C)C(=O)OC(C)(C)OC1=O. The lowest BCUT2D eigenvalue weighted by atomic mass is 9.78. The Morgan fingerprint density at radius 2 is 1.59 bits per heavy atom. The van der Waals surface area contributed by atoms with Crippen LogP contribution in [-0.2, 0) is 19.1 Å². The average molecular weight is 242 g/mol. The van der Waals surface area contributed by atoms with E-state index < -0.39 is 23.1 Å². The van der Waals surface area contributed by atoms with Gasteiger partial charge in [-0.2, -0.15) is 0 Å². The number of esters is 2. The van der Waals surface area contributed by atoms with E-state index in [9.17, 15) is 9.59 Å². The van der Waals surface area contributed by atoms with E-state index in [1.807, 2.05) is 6.92 Å². The van der Waals surface area contributed by atoms with Crippen LogP contribution in [0.1, 0.15) is 53.9 Å². The number of carbonyl (C=O) groups excluding carboxylic acids is 2. The minimum absolute atomic E-state index is 0.424. The largest absolute Gasteiger partial charge is 0.422 e. The van der Waals surface area contributed by atoms with Gasteiger partial charge in [0.05, 0.1) is 0 Å². The van der Waals surface area contributed by atoms with Crippen molar-refractivity contribution in [2.75, 3.05) is 0 Å². The molecule has 1 aliphatic rings. The topological polar surface area (TPSA) is 52.6 Å². The first-order valence-corrected chi connectivity index (χ1v) is 6.20. The number of hydrogen-bond acceptors (Lipinski definition) is 4. The van der Waals surface area contributed by atoms with Crippen LogP contribution in [0.5, 0.6) is 0 Å². The van der Waals surface area contributed by atoms with E-state index in [4.69, 9.17) is 9.47 Å². The Morgan fingerprint density at radius 3 is 1.94 bits per heavy atom. The van der Waals surface area contributed by atoms with Crippen molar-refractivity contribution in [1.29, 1.82) is 0 Å². The van der Waals surface area contributed by atoms with Crippen molar-refractivity contribution < 1.29 is 19.1 Å². The fourth-order valence-electron chi connectivity index (χ4n) is 1.95. The maximum atomic E-state index is 12.1. The predicted molar refractivity (Wildman–Crippen MR) is 63.1 cm³/mol. The average Bonchev–Trinajstić information content (AvgIpc) is 2.15. The molecule has 0 aromatic rings. The molecule has 1 heterocycles. The van der Waals surface area contributed by atoms with Crippen LogP contribution in [0.4, 0.5) is 0 Å². The molecule has 98 valence electrons. The molecular weight excluding hydrogens is 220 g/mol. The lowest BCUT2D eigenvalue weighted by Crippen LogP contribution is -2.53. The van der Waals surface area contributed by atoms with Gasteiger partial charge in [0.15, 0.2) is 5.41 Å². The van der Waals surface area contributed by atoms with Crippen LogP contribution >= 0.6 is 0 Å². The Morgan fingerprint density at radius 1 is 1.12 bits per heavy atom. The van der Waals surface area contributed by atoms with Gasteiger partial charge in [0, 0.05) is 13.8 Å². The van der Waals surface area contributed by atoms with Gasteiger partial charge in [0.2, 0.25) is 0 Å².